The Labute approximate surface area is 168 Å². The number of nitrogens with one attached hydrogen (secondary N) is 1. The standard InChI is InChI=1S/C19H18F4N4O3/c20-13-6-12(30-19(22)23)7-14(21)16(13)18(29)26-11-3-4-15(25-8-11)27-5-1-2-10(9-27)17(24)28/h3-4,6-8,10,19H,1-2,5,9H2,(H2,24,28)(H,26,29). The number of alkyl halides is 2. The maximum atomic E-state index is 14.0. The SMILES string of the molecule is NC(=O)C1CCCN(c2ccc(NC(=O)c3c(F)cc(OC(F)F)cc3F)cn2)C1. The van der Waals surface area contributed by atoms with Crippen LogP contribution in [0.5, 0.6) is 5.75 Å². The summed E-state index contributed by atoms with van der Waals surface area (Å²) in [5, 5.41) is 2.29. The molecule has 11 heteroatoms. The number of carbonyl (C=O) groups is 2. The highest BCUT2D eigenvalue weighted by atomic mass is 19.3. The number of carbonyl (C=O) groups excluding carboxylic acids is 2. The lowest BCUT2D eigenvalue weighted by Crippen LogP contribution is -2.41. The van der Waals surface area contributed by atoms with E-state index in [1.165, 1.54) is 12.3 Å². The molecule has 7 nitrogen and oxygen atoms in total. The number of ether oxygens (including phenoxy) is 1. The smallest absolute Gasteiger partial charge is 0.387 e. The molecule has 160 valence electrons. The predicted molar refractivity (Wildman–Crippen MR) is 99.3 cm³/mol. The lowest BCUT2D eigenvalue weighted by Gasteiger charge is -2.32. The molecule has 1 aliphatic rings. The molecule has 0 aliphatic carbocycles. The van der Waals surface area contributed by atoms with E-state index in [0.717, 1.165) is 6.42 Å². The number of pyridine rings is 1. The first-order valence-electron chi connectivity index (χ1n) is 9.00. The minimum absolute atomic E-state index is 0.166. The largest absolute Gasteiger partial charge is 0.435 e. The first-order chi connectivity index (χ1) is 14.2. The molecule has 1 saturated heterocycles. The molecule has 1 aromatic heterocycles. The number of nitrogens with two attached hydrogens (primary N) is 1. The fourth-order valence-electron chi connectivity index (χ4n) is 3.20. The van der Waals surface area contributed by atoms with E-state index in [1.54, 1.807) is 6.07 Å². The van der Waals surface area contributed by atoms with Gasteiger partial charge in [0, 0.05) is 25.2 Å². The molecule has 1 fully saturated rings. The van der Waals surface area contributed by atoms with Crippen molar-refractivity contribution in [2.24, 2.45) is 11.7 Å². The molecular weight excluding hydrogens is 408 g/mol. The van der Waals surface area contributed by atoms with Gasteiger partial charge in [-0.2, -0.15) is 8.78 Å². The molecule has 2 heterocycles. The summed E-state index contributed by atoms with van der Waals surface area (Å²) in [5.41, 5.74) is 4.58. The molecule has 0 bridgehead atoms. The molecule has 2 amide bonds. The van der Waals surface area contributed by atoms with E-state index in [9.17, 15) is 27.2 Å². The summed E-state index contributed by atoms with van der Waals surface area (Å²) in [6.07, 6.45) is 2.78. The molecule has 0 radical (unpaired) electrons. The Morgan fingerprint density at radius 1 is 1.23 bits per heavy atom. The van der Waals surface area contributed by atoms with Crippen molar-refractivity contribution in [1.29, 1.82) is 0 Å². The lowest BCUT2D eigenvalue weighted by atomic mass is 9.97. The maximum Gasteiger partial charge on any atom is 0.387 e. The van der Waals surface area contributed by atoms with Crippen molar-refractivity contribution in [2.45, 2.75) is 19.5 Å². The fraction of sp³-hybridized carbons (Fsp3) is 0.316. The number of amides is 2. The Balaban J connectivity index is 1.70. The summed E-state index contributed by atoms with van der Waals surface area (Å²) in [7, 11) is 0. The van der Waals surface area contributed by atoms with Gasteiger partial charge >= 0.3 is 6.61 Å². The number of primary amides is 1. The zero-order valence-electron chi connectivity index (χ0n) is 15.6. The summed E-state index contributed by atoms with van der Waals surface area (Å²) in [6, 6.07) is 4.07. The second-order valence-electron chi connectivity index (χ2n) is 6.69. The molecule has 2 aromatic rings. The molecule has 1 aliphatic heterocycles. The number of aromatic nitrogens is 1. The topological polar surface area (TPSA) is 97.6 Å². The Kier molecular flexibility index (Phi) is 6.38. The summed E-state index contributed by atoms with van der Waals surface area (Å²) in [5.74, 6) is -4.64. The Hall–Kier alpha value is -3.37. The van der Waals surface area contributed by atoms with Crippen LogP contribution in [0.25, 0.3) is 0 Å². The van der Waals surface area contributed by atoms with Gasteiger partial charge in [0.25, 0.3) is 5.91 Å². The van der Waals surface area contributed by atoms with Gasteiger partial charge in [0.1, 0.15) is 28.8 Å². The van der Waals surface area contributed by atoms with Gasteiger partial charge < -0.3 is 20.7 Å². The van der Waals surface area contributed by atoms with Gasteiger partial charge in [-0.25, -0.2) is 13.8 Å². The van der Waals surface area contributed by atoms with Crippen LogP contribution in [0.3, 0.4) is 0 Å². The van der Waals surface area contributed by atoms with E-state index < -0.39 is 35.5 Å². The predicted octanol–water partition coefficient (Wildman–Crippen LogP) is 2.92. The van der Waals surface area contributed by atoms with Gasteiger partial charge in [-0.15, -0.1) is 0 Å². The van der Waals surface area contributed by atoms with Crippen LogP contribution < -0.4 is 20.7 Å². The monoisotopic (exact) mass is 426 g/mol. The molecule has 1 aromatic carbocycles. The van der Waals surface area contributed by atoms with Crippen molar-refractivity contribution in [3.63, 3.8) is 0 Å². The van der Waals surface area contributed by atoms with E-state index in [4.69, 9.17) is 5.73 Å². The van der Waals surface area contributed by atoms with Crippen molar-refractivity contribution in [3.05, 3.63) is 47.7 Å². The normalized spacial score (nSPS) is 16.4. The third-order valence-corrected chi connectivity index (χ3v) is 4.62. The van der Waals surface area contributed by atoms with Crippen molar-refractivity contribution >= 4 is 23.3 Å². The second kappa shape index (κ2) is 8.97. The van der Waals surface area contributed by atoms with Crippen LogP contribution in [-0.4, -0.2) is 36.5 Å². The average molecular weight is 426 g/mol. The summed E-state index contributed by atoms with van der Waals surface area (Å²) >= 11 is 0. The number of nitrogens with zero attached hydrogens (tertiary/aromatic N) is 2. The van der Waals surface area contributed by atoms with Crippen LogP contribution in [0.15, 0.2) is 30.5 Å². The number of anilines is 2. The summed E-state index contributed by atoms with van der Waals surface area (Å²) in [6.45, 7) is -2.14. The quantitative estimate of drug-likeness (QED) is 0.693. The maximum absolute atomic E-state index is 14.0. The van der Waals surface area contributed by atoms with Crippen LogP contribution in [0.4, 0.5) is 29.1 Å². The van der Waals surface area contributed by atoms with Crippen LogP contribution in [0, 0.1) is 17.6 Å². The molecule has 1 unspecified atom stereocenters. The highest BCUT2D eigenvalue weighted by Crippen LogP contribution is 2.25. The van der Waals surface area contributed by atoms with Crippen molar-refractivity contribution < 1.29 is 31.9 Å². The highest BCUT2D eigenvalue weighted by Gasteiger charge is 2.25. The lowest BCUT2D eigenvalue weighted by molar-refractivity contribution is -0.122. The van der Waals surface area contributed by atoms with Gasteiger partial charge in [0.2, 0.25) is 5.91 Å². The van der Waals surface area contributed by atoms with Gasteiger partial charge in [0.15, 0.2) is 0 Å². The van der Waals surface area contributed by atoms with Crippen molar-refractivity contribution in [2.75, 3.05) is 23.3 Å². The van der Waals surface area contributed by atoms with Crippen LogP contribution in [-0.2, 0) is 4.79 Å². The van der Waals surface area contributed by atoms with Crippen LogP contribution in [0.1, 0.15) is 23.2 Å². The summed E-state index contributed by atoms with van der Waals surface area (Å²) < 4.78 is 56.4. The van der Waals surface area contributed by atoms with E-state index in [-0.39, 0.29) is 17.5 Å². The Morgan fingerprint density at radius 2 is 1.93 bits per heavy atom. The van der Waals surface area contributed by atoms with Crippen molar-refractivity contribution in [1.82, 2.24) is 4.98 Å². The van der Waals surface area contributed by atoms with E-state index >= 15 is 0 Å². The third kappa shape index (κ3) is 4.97. The molecule has 3 rings (SSSR count). The second-order valence-corrected chi connectivity index (χ2v) is 6.69. The van der Waals surface area contributed by atoms with Gasteiger partial charge in [-0.3, -0.25) is 9.59 Å². The van der Waals surface area contributed by atoms with Crippen LogP contribution >= 0.6 is 0 Å². The zero-order chi connectivity index (χ0) is 21.8. The molecule has 1 atom stereocenters. The molecule has 30 heavy (non-hydrogen) atoms. The summed E-state index contributed by atoms with van der Waals surface area (Å²) in [4.78, 5) is 29.7. The van der Waals surface area contributed by atoms with E-state index in [2.05, 4.69) is 15.0 Å². The minimum atomic E-state index is -3.26. The number of rotatable bonds is 6. The van der Waals surface area contributed by atoms with Crippen molar-refractivity contribution in [3.8, 4) is 5.75 Å². The molecule has 0 saturated carbocycles. The molecular formula is C19H18F4N4O3. The number of hydrogen-bond acceptors (Lipinski definition) is 5. The van der Waals surface area contributed by atoms with E-state index in [0.29, 0.717) is 37.5 Å². The van der Waals surface area contributed by atoms with E-state index in [1.807, 2.05) is 4.90 Å². The number of benzene rings is 1. The molecule has 0 spiro atoms. The number of hydrogen-bond donors (Lipinski definition) is 2. The average Bonchev–Trinajstić information content (AvgIpc) is 2.67. The Bertz CT molecular complexity index is 917. The van der Waals surface area contributed by atoms with Gasteiger partial charge in [0.05, 0.1) is 17.8 Å². The van der Waals surface area contributed by atoms with Gasteiger partial charge in [-0.1, -0.05) is 0 Å². The third-order valence-electron chi connectivity index (χ3n) is 4.62. The minimum Gasteiger partial charge on any atom is -0.435 e. The molecule has 3 N–H and O–H groups in total. The number of piperidine rings is 1. The first kappa shape index (κ1) is 21.3. The van der Waals surface area contributed by atoms with Gasteiger partial charge in [-0.05, 0) is 25.0 Å². The number of halogens is 4. The zero-order valence-corrected chi connectivity index (χ0v) is 15.6. The van der Waals surface area contributed by atoms with Crippen LogP contribution in [0.2, 0.25) is 0 Å². The highest BCUT2D eigenvalue weighted by molar-refractivity contribution is 6.04. The fourth-order valence-corrected chi connectivity index (χ4v) is 3.20. The Morgan fingerprint density at radius 3 is 2.50 bits per heavy atom. The first-order valence-corrected chi connectivity index (χ1v) is 9.00.